The summed E-state index contributed by atoms with van der Waals surface area (Å²) in [6.45, 7) is 1.79. The molecule has 0 spiro atoms. The maximum absolute atomic E-state index is 11.0. The molecular weight excluding hydrogens is 216 g/mol. The second-order valence-electron chi connectivity index (χ2n) is 2.87. The molecule has 0 aliphatic rings. The molecule has 0 N–H and O–H groups in total. The number of hydrogen-bond acceptors (Lipinski definition) is 4. The summed E-state index contributed by atoms with van der Waals surface area (Å²) in [7, 11) is -3.80. The highest BCUT2D eigenvalue weighted by Crippen LogP contribution is 2.02. The predicted octanol–water partition coefficient (Wildman–Crippen LogP) is 1.53. The monoisotopic (exact) mass is 230 g/mol. The molecule has 0 aliphatic carbocycles. The lowest BCUT2D eigenvalue weighted by molar-refractivity contribution is 0.224. The van der Waals surface area contributed by atoms with Gasteiger partial charge in [0.15, 0.2) is 0 Å². The highest BCUT2D eigenvalue weighted by atomic mass is 32.3. The van der Waals surface area contributed by atoms with E-state index in [0.29, 0.717) is 6.42 Å². The lowest BCUT2D eigenvalue weighted by Gasteiger charge is -2.04. The van der Waals surface area contributed by atoms with Crippen LogP contribution in [-0.2, 0) is 25.2 Å². The van der Waals surface area contributed by atoms with Gasteiger partial charge in [-0.25, -0.2) is 8.37 Å². The molecule has 0 radical (unpaired) electrons. The molecule has 0 aliphatic heterocycles. The summed E-state index contributed by atoms with van der Waals surface area (Å²) in [5, 5.41) is 0. The van der Waals surface area contributed by atoms with Crippen molar-refractivity contribution < 1.29 is 16.8 Å². The van der Waals surface area contributed by atoms with E-state index in [1.54, 1.807) is 6.92 Å². The molecular formula is C10H14O4S. The quantitative estimate of drug-likeness (QED) is 0.743. The van der Waals surface area contributed by atoms with Crippen LogP contribution in [0.25, 0.3) is 0 Å². The van der Waals surface area contributed by atoms with Crippen LogP contribution in [0.5, 0.6) is 0 Å². The van der Waals surface area contributed by atoms with E-state index < -0.39 is 10.4 Å². The molecule has 1 aromatic carbocycles. The molecule has 0 saturated heterocycles. The first-order valence-corrected chi connectivity index (χ1v) is 6.05. The standard InChI is InChI=1S/C10H14O4S/c1-2-13-15(11,12)14-9-8-10-6-4-3-5-7-10/h3-7H,2,8-9H2,1H3. The van der Waals surface area contributed by atoms with E-state index in [0.717, 1.165) is 5.56 Å². The Hall–Kier alpha value is -0.910. The second kappa shape index (κ2) is 5.85. The topological polar surface area (TPSA) is 52.6 Å². The van der Waals surface area contributed by atoms with E-state index in [2.05, 4.69) is 8.37 Å². The smallest absolute Gasteiger partial charge is 0.248 e. The lowest BCUT2D eigenvalue weighted by Crippen LogP contribution is -2.11. The maximum atomic E-state index is 11.0. The van der Waals surface area contributed by atoms with Crippen LogP contribution < -0.4 is 0 Å². The van der Waals surface area contributed by atoms with E-state index in [9.17, 15) is 8.42 Å². The van der Waals surface area contributed by atoms with E-state index in [1.807, 2.05) is 30.3 Å². The third-order valence-corrected chi connectivity index (χ3v) is 2.70. The van der Waals surface area contributed by atoms with Gasteiger partial charge in [-0.05, 0) is 18.9 Å². The third kappa shape index (κ3) is 4.92. The van der Waals surface area contributed by atoms with Crippen molar-refractivity contribution in [2.75, 3.05) is 13.2 Å². The fourth-order valence-electron chi connectivity index (χ4n) is 1.08. The minimum absolute atomic E-state index is 0.0909. The van der Waals surface area contributed by atoms with Gasteiger partial charge in [-0.2, -0.15) is 8.42 Å². The zero-order valence-electron chi connectivity index (χ0n) is 8.55. The van der Waals surface area contributed by atoms with E-state index in [4.69, 9.17) is 0 Å². The van der Waals surface area contributed by atoms with Gasteiger partial charge >= 0.3 is 10.4 Å². The highest BCUT2D eigenvalue weighted by Gasteiger charge is 2.09. The van der Waals surface area contributed by atoms with Gasteiger partial charge in [0.1, 0.15) is 0 Å². The normalized spacial score (nSPS) is 11.5. The van der Waals surface area contributed by atoms with Gasteiger partial charge in [0, 0.05) is 0 Å². The van der Waals surface area contributed by atoms with Crippen molar-refractivity contribution in [3.05, 3.63) is 35.9 Å². The highest BCUT2D eigenvalue weighted by molar-refractivity contribution is 7.81. The molecule has 1 rings (SSSR count). The second-order valence-corrected chi connectivity index (χ2v) is 4.16. The Morgan fingerprint density at radius 1 is 1.13 bits per heavy atom. The summed E-state index contributed by atoms with van der Waals surface area (Å²) < 4.78 is 31.0. The van der Waals surface area contributed by atoms with Gasteiger partial charge in [-0.1, -0.05) is 30.3 Å². The summed E-state index contributed by atoms with van der Waals surface area (Å²) in [4.78, 5) is 0. The van der Waals surface area contributed by atoms with Crippen molar-refractivity contribution in [3.63, 3.8) is 0 Å². The van der Waals surface area contributed by atoms with Crippen molar-refractivity contribution in [3.8, 4) is 0 Å². The summed E-state index contributed by atoms with van der Waals surface area (Å²) in [5.41, 5.74) is 1.03. The third-order valence-electron chi connectivity index (χ3n) is 1.72. The molecule has 84 valence electrons. The van der Waals surface area contributed by atoms with Gasteiger partial charge < -0.3 is 0 Å². The largest absolute Gasteiger partial charge is 0.399 e. The summed E-state index contributed by atoms with van der Waals surface area (Å²) in [6, 6.07) is 9.52. The molecule has 15 heavy (non-hydrogen) atoms. The van der Waals surface area contributed by atoms with E-state index >= 15 is 0 Å². The Morgan fingerprint density at radius 2 is 1.80 bits per heavy atom. The van der Waals surface area contributed by atoms with Crippen LogP contribution in [0.15, 0.2) is 30.3 Å². The minimum Gasteiger partial charge on any atom is -0.248 e. The molecule has 0 heterocycles. The molecule has 0 unspecified atom stereocenters. The summed E-state index contributed by atoms with van der Waals surface area (Å²) in [6.07, 6.45) is 0.549. The Labute approximate surface area is 90.2 Å². The molecule has 0 amide bonds. The van der Waals surface area contributed by atoms with Crippen molar-refractivity contribution in [1.82, 2.24) is 0 Å². The van der Waals surface area contributed by atoms with Gasteiger partial charge in [-0.15, -0.1) is 0 Å². The fraction of sp³-hybridized carbons (Fsp3) is 0.400. The minimum atomic E-state index is -3.80. The SMILES string of the molecule is CCOS(=O)(=O)OCCc1ccccc1. The maximum Gasteiger partial charge on any atom is 0.399 e. The fourth-order valence-corrected chi connectivity index (χ4v) is 1.73. The molecule has 1 aromatic rings. The first-order chi connectivity index (χ1) is 7.14. The van der Waals surface area contributed by atoms with Crippen LogP contribution in [0.1, 0.15) is 12.5 Å². The van der Waals surface area contributed by atoms with Crippen molar-refractivity contribution in [2.45, 2.75) is 13.3 Å². The first-order valence-electron chi connectivity index (χ1n) is 4.72. The molecule has 4 nitrogen and oxygen atoms in total. The molecule has 0 aromatic heterocycles. The molecule has 0 atom stereocenters. The molecule has 0 saturated carbocycles. The Kier molecular flexibility index (Phi) is 4.74. The van der Waals surface area contributed by atoms with Gasteiger partial charge in [0.25, 0.3) is 0 Å². The molecule has 0 fully saturated rings. The van der Waals surface area contributed by atoms with Crippen LogP contribution >= 0.6 is 0 Å². The van der Waals surface area contributed by atoms with E-state index in [-0.39, 0.29) is 13.2 Å². The van der Waals surface area contributed by atoms with Crippen LogP contribution in [0, 0.1) is 0 Å². The number of hydrogen-bond donors (Lipinski definition) is 0. The summed E-state index contributed by atoms with van der Waals surface area (Å²) >= 11 is 0. The van der Waals surface area contributed by atoms with E-state index in [1.165, 1.54) is 0 Å². The lowest BCUT2D eigenvalue weighted by atomic mass is 10.2. The van der Waals surface area contributed by atoms with Crippen molar-refractivity contribution in [1.29, 1.82) is 0 Å². The zero-order valence-corrected chi connectivity index (χ0v) is 9.37. The van der Waals surface area contributed by atoms with Crippen LogP contribution in [-0.4, -0.2) is 21.6 Å². The van der Waals surface area contributed by atoms with Crippen LogP contribution in [0.4, 0.5) is 0 Å². The predicted molar refractivity (Wildman–Crippen MR) is 56.6 cm³/mol. The summed E-state index contributed by atoms with van der Waals surface area (Å²) in [5.74, 6) is 0. The van der Waals surface area contributed by atoms with Crippen molar-refractivity contribution in [2.24, 2.45) is 0 Å². The van der Waals surface area contributed by atoms with Crippen LogP contribution in [0.3, 0.4) is 0 Å². The Balaban J connectivity index is 2.34. The molecule has 0 bridgehead atoms. The van der Waals surface area contributed by atoms with Gasteiger partial charge in [0.05, 0.1) is 13.2 Å². The average Bonchev–Trinajstić information content (AvgIpc) is 2.19. The van der Waals surface area contributed by atoms with Crippen molar-refractivity contribution >= 4 is 10.4 Å². The first kappa shape index (κ1) is 12.2. The van der Waals surface area contributed by atoms with Gasteiger partial charge in [0.2, 0.25) is 0 Å². The zero-order chi connectivity index (χ0) is 11.1. The number of benzene rings is 1. The Bertz CT molecular complexity index is 372. The average molecular weight is 230 g/mol. The number of rotatable bonds is 6. The van der Waals surface area contributed by atoms with Crippen LogP contribution in [0.2, 0.25) is 0 Å². The molecule has 5 heteroatoms. The Morgan fingerprint density at radius 3 is 2.40 bits per heavy atom. The van der Waals surface area contributed by atoms with Gasteiger partial charge in [-0.3, -0.25) is 0 Å².